The summed E-state index contributed by atoms with van der Waals surface area (Å²) in [7, 11) is 0. The fourth-order valence-corrected chi connectivity index (χ4v) is 3.88. The van der Waals surface area contributed by atoms with Crippen molar-refractivity contribution in [3.63, 3.8) is 0 Å². The highest BCUT2D eigenvalue weighted by Crippen LogP contribution is 2.28. The zero-order valence-corrected chi connectivity index (χ0v) is 13.7. The highest BCUT2D eigenvalue weighted by molar-refractivity contribution is 8.01. The third kappa shape index (κ3) is 3.84. The van der Waals surface area contributed by atoms with E-state index in [1.165, 1.54) is 11.8 Å². The molecule has 3 rings (SSSR count). The van der Waals surface area contributed by atoms with Gasteiger partial charge < -0.3 is 5.32 Å². The third-order valence-corrected chi connectivity index (χ3v) is 5.19. The number of nitrogens with one attached hydrogen (secondary N) is 1. The number of hydrogen-bond donors (Lipinski definition) is 1. The first kappa shape index (κ1) is 15.0. The number of para-hydroxylation sites is 1. The van der Waals surface area contributed by atoms with Gasteiger partial charge in [-0.05, 0) is 31.2 Å². The predicted molar refractivity (Wildman–Crippen MR) is 91.2 cm³/mol. The molecule has 2 heterocycles. The van der Waals surface area contributed by atoms with E-state index in [0.717, 1.165) is 25.9 Å². The number of thiazole rings is 1. The molecule has 1 amide bonds. The van der Waals surface area contributed by atoms with E-state index >= 15 is 0 Å². The summed E-state index contributed by atoms with van der Waals surface area (Å²) < 4.78 is 2.07. The summed E-state index contributed by atoms with van der Waals surface area (Å²) in [5, 5.41) is 2.88. The van der Waals surface area contributed by atoms with Crippen molar-refractivity contribution in [2.75, 3.05) is 5.75 Å². The molecule has 1 aromatic carbocycles. The minimum atomic E-state index is -0.00689. The number of carbonyl (C=O) groups is 1. The molecule has 22 heavy (non-hydrogen) atoms. The number of nitrogens with zero attached hydrogens (tertiary/aromatic N) is 2. The van der Waals surface area contributed by atoms with Crippen molar-refractivity contribution < 1.29 is 4.79 Å². The topological polar surface area (TPSA) is 54.9 Å². The van der Waals surface area contributed by atoms with Gasteiger partial charge in [0.15, 0.2) is 4.34 Å². The van der Waals surface area contributed by atoms with Crippen LogP contribution in [0.25, 0.3) is 10.2 Å². The summed E-state index contributed by atoms with van der Waals surface area (Å²) >= 11 is 3.08. The molecule has 0 aliphatic carbocycles. The molecule has 0 saturated carbocycles. The normalized spacial score (nSPS) is 10.8. The fraction of sp³-hybridized carbons (Fsp3) is 0.188. The fourth-order valence-electron chi connectivity index (χ4n) is 1.98. The van der Waals surface area contributed by atoms with Gasteiger partial charge in [0.2, 0.25) is 5.91 Å². The van der Waals surface area contributed by atoms with E-state index in [-0.39, 0.29) is 5.91 Å². The maximum atomic E-state index is 11.9. The molecule has 4 nitrogen and oxygen atoms in total. The van der Waals surface area contributed by atoms with Gasteiger partial charge in [-0.2, -0.15) is 0 Å². The van der Waals surface area contributed by atoms with Gasteiger partial charge in [0.05, 0.1) is 28.2 Å². The van der Waals surface area contributed by atoms with Crippen LogP contribution in [0.15, 0.2) is 46.8 Å². The van der Waals surface area contributed by atoms with Crippen molar-refractivity contribution >= 4 is 39.2 Å². The van der Waals surface area contributed by atoms with E-state index in [9.17, 15) is 4.79 Å². The van der Waals surface area contributed by atoms with Crippen LogP contribution in [0, 0.1) is 6.92 Å². The smallest absolute Gasteiger partial charge is 0.230 e. The van der Waals surface area contributed by atoms with Gasteiger partial charge in [0.1, 0.15) is 0 Å². The molecule has 0 atom stereocenters. The molecule has 0 aliphatic heterocycles. The number of aromatic nitrogens is 2. The average molecular weight is 329 g/mol. The Morgan fingerprint density at radius 2 is 2.05 bits per heavy atom. The van der Waals surface area contributed by atoms with E-state index in [2.05, 4.69) is 15.3 Å². The van der Waals surface area contributed by atoms with Crippen molar-refractivity contribution in [3.05, 3.63) is 53.9 Å². The molecule has 0 bridgehead atoms. The van der Waals surface area contributed by atoms with Gasteiger partial charge in [0.25, 0.3) is 0 Å². The van der Waals surface area contributed by atoms with Gasteiger partial charge in [-0.1, -0.05) is 30.0 Å². The van der Waals surface area contributed by atoms with Crippen LogP contribution in [0.1, 0.15) is 11.4 Å². The first-order valence-corrected chi connectivity index (χ1v) is 8.68. The summed E-state index contributed by atoms with van der Waals surface area (Å²) in [4.78, 5) is 20.8. The summed E-state index contributed by atoms with van der Waals surface area (Å²) in [6.45, 7) is 2.40. The molecule has 1 N–H and O–H groups in total. The molecule has 0 spiro atoms. The largest absolute Gasteiger partial charge is 0.350 e. The maximum absolute atomic E-state index is 11.9. The number of aryl methyl sites for hydroxylation is 1. The number of thioether (sulfide) groups is 1. The summed E-state index contributed by atoms with van der Waals surface area (Å²) in [5.41, 5.74) is 2.81. The van der Waals surface area contributed by atoms with Crippen LogP contribution >= 0.6 is 23.1 Å². The molecule has 3 aromatic rings. The Hall–Kier alpha value is -1.92. The molecule has 112 valence electrons. The SMILES string of the molecule is Cc1cccc(CNC(=O)CSc2nc3ccccc3s2)n1. The lowest BCUT2D eigenvalue weighted by atomic mass is 10.3. The second-order valence-corrected chi connectivity index (χ2v) is 7.04. The van der Waals surface area contributed by atoms with E-state index in [1.54, 1.807) is 11.3 Å². The van der Waals surface area contributed by atoms with Crippen LogP contribution in [0.2, 0.25) is 0 Å². The van der Waals surface area contributed by atoms with Gasteiger partial charge in [0, 0.05) is 5.69 Å². The van der Waals surface area contributed by atoms with Crippen molar-refractivity contribution in [1.29, 1.82) is 0 Å². The first-order valence-electron chi connectivity index (χ1n) is 6.88. The molecule has 0 fully saturated rings. The molecule has 2 aromatic heterocycles. The van der Waals surface area contributed by atoms with Crippen molar-refractivity contribution in [3.8, 4) is 0 Å². The second kappa shape index (κ2) is 6.89. The molecule has 0 radical (unpaired) electrons. The highest BCUT2D eigenvalue weighted by Gasteiger charge is 2.07. The van der Waals surface area contributed by atoms with E-state index in [4.69, 9.17) is 0 Å². The van der Waals surface area contributed by atoms with Crippen LogP contribution in [-0.2, 0) is 11.3 Å². The van der Waals surface area contributed by atoms with Gasteiger partial charge in [-0.15, -0.1) is 11.3 Å². The predicted octanol–water partition coefficient (Wildman–Crippen LogP) is 3.41. The number of hydrogen-bond acceptors (Lipinski definition) is 5. The number of amides is 1. The highest BCUT2D eigenvalue weighted by atomic mass is 32.2. The molecule has 0 aliphatic rings. The zero-order chi connectivity index (χ0) is 15.4. The minimum Gasteiger partial charge on any atom is -0.350 e. The van der Waals surface area contributed by atoms with Gasteiger partial charge >= 0.3 is 0 Å². The van der Waals surface area contributed by atoms with Gasteiger partial charge in [-0.3, -0.25) is 9.78 Å². The van der Waals surface area contributed by atoms with Crippen molar-refractivity contribution in [2.24, 2.45) is 0 Å². The number of benzene rings is 1. The Labute approximate surface area is 137 Å². The van der Waals surface area contributed by atoms with Crippen molar-refractivity contribution in [1.82, 2.24) is 15.3 Å². The number of fused-ring (bicyclic) bond motifs is 1. The summed E-state index contributed by atoms with van der Waals surface area (Å²) in [6.07, 6.45) is 0. The number of rotatable bonds is 5. The Kier molecular flexibility index (Phi) is 4.70. The molecule has 0 saturated heterocycles. The lowest BCUT2D eigenvalue weighted by Gasteiger charge is -2.04. The average Bonchev–Trinajstić information content (AvgIpc) is 2.94. The monoisotopic (exact) mass is 329 g/mol. The Bertz CT molecular complexity index is 768. The van der Waals surface area contributed by atoms with Crippen LogP contribution < -0.4 is 5.32 Å². The van der Waals surface area contributed by atoms with Crippen LogP contribution in [0.3, 0.4) is 0 Å². The quantitative estimate of drug-likeness (QED) is 0.729. The third-order valence-electron chi connectivity index (χ3n) is 3.01. The summed E-state index contributed by atoms with van der Waals surface area (Å²) in [6, 6.07) is 13.8. The molecular formula is C16H15N3OS2. The van der Waals surface area contributed by atoms with E-state index < -0.39 is 0 Å². The molecule has 0 unspecified atom stereocenters. The van der Waals surface area contributed by atoms with E-state index in [1.807, 2.05) is 49.4 Å². The molecular weight excluding hydrogens is 314 g/mol. The van der Waals surface area contributed by atoms with Crippen LogP contribution in [0.4, 0.5) is 0 Å². The summed E-state index contributed by atoms with van der Waals surface area (Å²) in [5.74, 6) is 0.360. The minimum absolute atomic E-state index is 0.00689. The Balaban J connectivity index is 1.51. The van der Waals surface area contributed by atoms with Crippen LogP contribution in [-0.4, -0.2) is 21.6 Å². The maximum Gasteiger partial charge on any atom is 0.230 e. The number of carbonyl (C=O) groups excluding carboxylic acids is 1. The first-order chi connectivity index (χ1) is 10.7. The van der Waals surface area contributed by atoms with Gasteiger partial charge in [-0.25, -0.2) is 4.98 Å². The second-order valence-electron chi connectivity index (χ2n) is 4.78. The standard InChI is InChI=1S/C16H15N3OS2/c1-11-5-4-6-12(18-11)9-17-15(20)10-21-16-19-13-7-2-3-8-14(13)22-16/h2-8H,9-10H2,1H3,(H,17,20). The lowest BCUT2D eigenvalue weighted by Crippen LogP contribution is -2.25. The van der Waals surface area contributed by atoms with Crippen LogP contribution in [0.5, 0.6) is 0 Å². The Morgan fingerprint density at radius 1 is 1.18 bits per heavy atom. The molecule has 6 heteroatoms. The van der Waals surface area contributed by atoms with Crippen molar-refractivity contribution in [2.45, 2.75) is 17.8 Å². The zero-order valence-electron chi connectivity index (χ0n) is 12.1. The Morgan fingerprint density at radius 3 is 2.86 bits per heavy atom. The number of pyridine rings is 1. The van der Waals surface area contributed by atoms with E-state index in [0.29, 0.717) is 12.3 Å². The lowest BCUT2D eigenvalue weighted by molar-refractivity contribution is -0.118.